The summed E-state index contributed by atoms with van der Waals surface area (Å²) in [5, 5.41) is 0. The van der Waals surface area contributed by atoms with Gasteiger partial charge in [0, 0.05) is 0 Å². The Bertz CT molecular complexity index is 482. The largest absolute Gasteiger partial charge is 0.0683 e. The molecule has 0 N–H and O–H groups in total. The lowest BCUT2D eigenvalue weighted by molar-refractivity contribution is 0.140. The molecule has 4 aliphatic carbocycles. The molecule has 4 saturated carbocycles. The first-order valence-electron chi connectivity index (χ1n) is 18.1. The van der Waals surface area contributed by atoms with Crippen LogP contribution in [0.1, 0.15) is 195 Å². The van der Waals surface area contributed by atoms with Gasteiger partial charge in [-0.05, 0) is 54.3 Å². The van der Waals surface area contributed by atoms with Gasteiger partial charge < -0.3 is 0 Å². The van der Waals surface area contributed by atoms with Crippen LogP contribution in [0.25, 0.3) is 0 Å². The maximum Gasteiger partial charge on any atom is -0.0383 e. The van der Waals surface area contributed by atoms with Crippen molar-refractivity contribution in [2.24, 2.45) is 41.4 Å². The molecule has 37 heavy (non-hydrogen) atoms. The molecule has 0 heterocycles. The van der Waals surface area contributed by atoms with Crippen molar-refractivity contribution in [1.82, 2.24) is 0 Å². The average Bonchev–Trinajstić information content (AvgIpc) is 2.83. The summed E-state index contributed by atoms with van der Waals surface area (Å²) in [6.45, 7) is 11.5. The van der Waals surface area contributed by atoms with Crippen LogP contribution in [0, 0.1) is 41.4 Å². The molecule has 0 amide bonds. The summed E-state index contributed by atoms with van der Waals surface area (Å²) in [5.74, 6) is 7.29. The molecule has 3 atom stereocenters. The summed E-state index contributed by atoms with van der Waals surface area (Å²) >= 11 is 0. The van der Waals surface area contributed by atoms with Crippen molar-refractivity contribution >= 4 is 0 Å². The topological polar surface area (TPSA) is 0 Å². The summed E-state index contributed by atoms with van der Waals surface area (Å²) in [6.07, 6.45) is 38.1. The van der Waals surface area contributed by atoms with Crippen LogP contribution in [0.4, 0.5) is 0 Å². The number of hydrogen-bond donors (Lipinski definition) is 0. The van der Waals surface area contributed by atoms with Crippen molar-refractivity contribution in [3.8, 4) is 0 Å². The lowest BCUT2D eigenvalue weighted by Gasteiger charge is -2.37. The summed E-state index contributed by atoms with van der Waals surface area (Å²) in [6, 6.07) is 0. The highest BCUT2D eigenvalue weighted by atomic mass is 14.4. The molecule has 4 aliphatic rings. The zero-order valence-corrected chi connectivity index (χ0v) is 26.7. The summed E-state index contributed by atoms with van der Waals surface area (Å²) in [4.78, 5) is 0. The molecule has 4 rings (SSSR count). The highest BCUT2D eigenvalue weighted by molar-refractivity contribution is 4.82. The fraction of sp³-hybridized carbons (Fsp3) is 1.00. The molecule has 0 aromatic rings. The highest BCUT2D eigenvalue weighted by Crippen LogP contribution is 2.42. The van der Waals surface area contributed by atoms with Gasteiger partial charge in [0.25, 0.3) is 0 Å². The Labute approximate surface area is 236 Å². The van der Waals surface area contributed by atoms with Crippen LogP contribution in [0.2, 0.25) is 0 Å². The van der Waals surface area contributed by atoms with E-state index in [0.717, 1.165) is 41.4 Å². The third-order valence-corrected chi connectivity index (χ3v) is 11.0. The fourth-order valence-electron chi connectivity index (χ4n) is 8.70. The normalized spacial score (nSPS) is 34.1. The van der Waals surface area contributed by atoms with Crippen LogP contribution in [-0.2, 0) is 0 Å². The summed E-state index contributed by atoms with van der Waals surface area (Å²) in [5.41, 5.74) is 0. The van der Waals surface area contributed by atoms with Crippen LogP contribution in [0.5, 0.6) is 0 Å². The molecule has 220 valence electrons. The van der Waals surface area contributed by atoms with Gasteiger partial charge in [0.15, 0.2) is 0 Å². The van der Waals surface area contributed by atoms with E-state index in [-0.39, 0.29) is 0 Å². The van der Waals surface area contributed by atoms with E-state index in [4.69, 9.17) is 0 Å². The number of hydrogen-bond acceptors (Lipinski definition) is 0. The predicted molar refractivity (Wildman–Crippen MR) is 168 cm³/mol. The average molecular weight is 517 g/mol. The van der Waals surface area contributed by atoms with Gasteiger partial charge in [-0.1, -0.05) is 182 Å². The van der Waals surface area contributed by atoms with Crippen molar-refractivity contribution in [3.63, 3.8) is 0 Å². The SMILES string of the molecule is CC.CC1CCCC(C2CCCC(C3CCCCCCC3)CC(C)C2)CCC1.CC1CCCCCCC1. The first kappa shape index (κ1) is 33.2. The molecular weight excluding hydrogens is 444 g/mol. The van der Waals surface area contributed by atoms with Crippen molar-refractivity contribution in [2.45, 2.75) is 195 Å². The maximum atomic E-state index is 2.61. The zero-order chi connectivity index (χ0) is 26.7. The first-order valence-corrected chi connectivity index (χ1v) is 18.1. The minimum absolute atomic E-state index is 0.986. The van der Waals surface area contributed by atoms with Crippen LogP contribution >= 0.6 is 0 Å². The second-order valence-corrected chi connectivity index (χ2v) is 14.3. The van der Waals surface area contributed by atoms with Crippen LogP contribution in [0.15, 0.2) is 0 Å². The molecule has 0 nitrogen and oxygen atoms in total. The molecule has 0 aromatic carbocycles. The second kappa shape index (κ2) is 20.8. The molecule has 0 radical (unpaired) electrons. The van der Waals surface area contributed by atoms with Gasteiger partial charge in [-0.25, -0.2) is 0 Å². The lowest BCUT2D eigenvalue weighted by atomic mass is 9.68. The maximum absolute atomic E-state index is 2.61. The van der Waals surface area contributed by atoms with Gasteiger partial charge in [0.1, 0.15) is 0 Å². The van der Waals surface area contributed by atoms with E-state index in [1.807, 2.05) is 13.8 Å². The Morgan fingerprint density at radius 2 is 0.541 bits per heavy atom. The predicted octanol–water partition coefficient (Wildman–Crippen LogP) is 13.2. The van der Waals surface area contributed by atoms with E-state index in [2.05, 4.69) is 20.8 Å². The Morgan fingerprint density at radius 3 is 0.973 bits per heavy atom. The summed E-state index contributed by atoms with van der Waals surface area (Å²) in [7, 11) is 0. The van der Waals surface area contributed by atoms with E-state index < -0.39 is 0 Å². The minimum Gasteiger partial charge on any atom is -0.0683 e. The van der Waals surface area contributed by atoms with Crippen molar-refractivity contribution in [2.75, 3.05) is 0 Å². The minimum atomic E-state index is 0.986. The molecule has 0 bridgehead atoms. The first-order chi connectivity index (χ1) is 18.1. The molecule has 4 fully saturated rings. The Morgan fingerprint density at radius 1 is 0.270 bits per heavy atom. The highest BCUT2D eigenvalue weighted by Gasteiger charge is 2.30. The van der Waals surface area contributed by atoms with Gasteiger partial charge in [-0.3, -0.25) is 0 Å². The second-order valence-electron chi connectivity index (χ2n) is 14.3. The van der Waals surface area contributed by atoms with Gasteiger partial charge in [0.2, 0.25) is 0 Å². The third kappa shape index (κ3) is 14.3. The molecule has 0 aromatic heterocycles. The molecule has 3 unspecified atom stereocenters. The Kier molecular flexibility index (Phi) is 18.7. The van der Waals surface area contributed by atoms with Gasteiger partial charge in [0.05, 0.1) is 0 Å². The smallest absolute Gasteiger partial charge is 0.0383 e. The number of rotatable bonds is 2. The molecule has 0 saturated heterocycles. The molecule has 0 heteroatoms. The lowest BCUT2D eigenvalue weighted by Crippen LogP contribution is -2.26. The van der Waals surface area contributed by atoms with Crippen molar-refractivity contribution in [1.29, 1.82) is 0 Å². The van der Waals surface area contributed by atoms with E-state index in [1.54, 1.807) is 57.8 Å². The zero-order valence-electron chi connectivity index (χ0n) is 26.7. The Balaban J connectivity index is 0.000000367. The standard InChI is InChI=1S/C26H48.C9H18.C2H6/c1-21-11-8-15-24(16-9-12-21)26-18-10-17-25(19-22(2)20-26)23-13-6-4-3-5-7-14-23;1-9-7-5-3-2-4-6-8-9;1-2/h21-26H,3-20H2,1-2H3;9H,2-8H2,1H3;1-2H3. The van der Waals surface area contributed by atoms with Crippen LogP contribution in [0.3, 0.4) is 0 Å². The van der Waals surface area contributed by atoms with E-state index in [1.165, 1.54) is 103 Å². The van der Waals surface area contributed by atoms with Gasteiger partial charge in [-0.15, -0.1) is 0 Å². The van der Waals surface area contributed by atoms with Crippen LogP contribution in [-0.4, -0.2) is 0 Å². The summed E-state index contributed by atoms with van der Waals surface area (Å²) < 4.78 is 0. The molecular formula is C37H72. The monoisotopic (exact) mass is 517 g/mol. The molecule has 0 spiro atoms. The molecule has 0 aliphatic heterocycles. The van der Waals surface area contributed by atoms with Crippen LogP contribution < -0.4 is 0 Å². The Hall–Kier alpha value is 0. The van der Waals surface area contributed by atoms with E-state index in [9.17, 15) is 0 Å². The third-order valence-electron chi connectivity index (χ3n) is 11.0. The van der Waals surface area contributed by atoms with Gasteiger partial charge in [-0.2, -0.15) is 0 Å². The van der Waals surface area contributed by atoms with Crippen molar-refractivity contribution in [3.05, 3.63) is 0 Å². The van der Waals surface area contributed by atoms with E-state index >= 15 is 0 Å². The van der Waals surface area contributed by atoms with Crippen molar-refractivity contribution < 1.29 is 0 Å². The van der Waals surface area contributed by atoms with E-state index in [0.29, 0.717) is 0 Å². The fourth-order valence-corrected chi connectivity index (χ4v) is 8.70. The quantitative estimate of drug-likeness (QED) is 0.342. The van der Waals surface area contributed by atoms with Gasteiger partial charge >= 0.3 is 0 Å².